The van der Waals surface area contributed by atoms with Crippen molar-refractivity contribution in [3.05, 3.63) is 11.4 Å². The summed E-state index contributed by atoms with van der Waals surface area (Å²) in [5.74, 6) is 7.39. The molecule has 0 atom stereocenters. The molecular weight excluding hydrogens is 268 g/mol. The summed E-state index contributed by atoms with van der Waals surface area (Å²) in [6.07, 6.45) is 0.767. The minimum atomic E-state index is -0.220. The molecule has 1 aromatic rings. The van der Waals surface area contributed by atoms with Gasteiger partial charge < -0.3 is 14.9 Å². The Labute approximate surface area is 127 Å². The standard InChI is InChI=1S/C15H28N4O2/c1-10-11(19-16)17-13(14(2,3)4)18-12(10)21-9-8-15(5,6)20-7/h8-9,16H2,1-7H3,(H,17,18,19). The molecule has 0 bridgehead atoms. The zero-order valence-electron chi connectivity index (χ0n) is 14.2. The summed E-state index contributed by atoms with van der Waals surface area (Å²) in [4.78, 5) is 8.97. The Morgan fingerprint density at radius 2 is 1.76 bits per heavy atom. The van der Waals surface area contributed by atoms with Crippen molar-refractivity contribution in [3.63, 3.8) is 0 Å². The van der Waals surface area contributed by atoms with Crippen molar-refractivity contribution in [1.29, 1.82) is 0 Å². The van der Waals surface area contributed by atoms with Gasteiger partial charge in [0, 0.05) is 18.9 Å². The number of hydrogen-bond acceptors (Lipinski definition) is 6. The summed E-state index contributed by atoms with van der Waals surface area (Å²) < 4.78 is 11.2. The van der Waals surface area contributed by atoms with Crippen LogP contribution in [0.2, 0.25) is 0 Å². The van der Waals surface area contributed by atoms with E-state index in [1.807, 2.05) is 20.8 Å². The number of ether oxygens (including phenoxy) is 2. The van der Waals surface area contributed by atoms with E-state index < -0.39 is 0 Å². The van der Waals surface area contributed by atoms with Crippen molar-refractivity contribution in [1.82, 2.24) is 9.97 Å². The van der Waals surface area contributed by atoms with Gasteiger partial charge in [0.2, 0.25) is 5.88 Å². The molecule has 3 N–H and O–H groups in total. The average molecular weight is 296 g/mol. The van der Waals surface area contributed by atoms with Crippen molar-refractivity contribution >= 4 is 5.82 Å². The minimum absolute atomic E-state index is 0.177. The molecule has 21 heavy (non-hydrogen) atoms. The first-order valence-electron chi connectivity index (χ1n) is 7.14. The van der Waals surface area contributed by atoms with Crippen LogP contribution >= 0.6 is 0 Å². The van der Waals surface area contributed by atoms with E-state index in [1.54, 1.807) is 7.11 Å². The lowest BCUT2D eigenvalue weighted by molar-refractivity contribution is 0.00498. The number of nitrogen functional groups attached to an aromatic ring is 1. The molecule has 120 valence electrons. The number of nitrogens with zero attached hydrogens (tertiary/aromatic N) is 2. The van der Waals surface area contributed by atoms with Crippen molar-refractivity contribution < 1.29 is 9.47 Å². The molecule has 1 aromatic heterocycles. The van der Waals surface area contributed by atoms with Crippen LogP contribution in [-0.2, 0) is 10.2 Å². The zero-order chi connectivity index (χ0) is 16.3. The molecule has 0 amide bonds. The Morgan fingerprint density at radius 1 is 1.14 bits per heavy atom. The molecule has 6 heteroatoms. The van der Waals surface area contributed by atoms with Gasteiger partial charge in [0.25, 0.3) is 0 Å². The monoisotopic (exact) mass is 296 g/mol. The van der Waals surface area contributed by atoms with Crippen molar-refractivity contribution in [3.8, 4) is 5.88 Å². The number of hydrogen-bond donors (Lipinski definition) is 2. The van der Waals surface area contributed by atoms with E-state index in [-0.39, 0.29) is 11.0 Å². The lowest BCUT2D eigenvalue weighted by Crippen LogP contribution is -2.26. The van der Waals surface area contributed by atoms with Gasteiger partial charge in [-0.15, -0.1) is 0 Å². The third kappa shape index (κ3) is 4.82. The number of nitrogens with two attached hydrogens (primary N) is 1. The normalized spacial score (nSPS) is 12.4. The number of aromatic nitrogens is 2. The van der Waals surface area contributed by atoms with E-state index in [0.717, 1.165) is 12.0 Å². The van der Waals surface area contributed by atoms with E-state index >= 15 is 0 Å². The Bertz CT molecular complexity index is 481. The smallest absolute Gasteiger partial charge is 0.221 e. The fraction of sp³-hybridized carbons (Fsp3) is 0.733. The predicted molar refractivity (Wildman–Crippen MR) is 84.5 cm³/mol. The number of methoxy groups -OCH3 is 1. The maximum absolute atomic E-state index is 5.83. The molecular formula is C15H28N4O2. The van der Waals surface area contributed by atoms with E-state index in [0.29, 0.717) is 24.1 Å². The van der Waals surface area contributed by atoms with E-state index in [1.165, 1.54) is 0 Å². The van der Waals surface area contributed by atoms with Crippen LogP contribution in [0, 0.1) is 6.92 Å². The second kappa shape index (κ2) is 6.58. The van der Waals surface area contributed by atoms with Crippen LogP contribution in [0.15, 0.2) is 0 Å². The number of anilines is 1. The average Bonchev–Trinajstić information content (AvgIpc) is 2.39. The van der Waals surface area contributed by atoms with Crippen LogP contribution in [0.1, 0.15) is 52.4 Å². The molecule has 0 spiro atoms. The molecule has 0 aliphatic rings. The number of nitrogens with one attached hydrogen (secondary N) is 1. The molecule has 6 nitrogen and oxygen atoms in total. The topological polar surface area (TPSA) is 82.3 Å². The van der Waals surface area contributed by atoms with Crippen molar-refractivity contribution in [2.24, 2.45) is 5.84 Å². The molecule has 0 aliphatic carbocycles. The predicted octanol–water partition coefficient (Wildman–Crippen LogP) is 2.56. The van der Waals surface area contributed by atoms with Gasteiger partial charge in [0.05, 0.1) is 17.8 Å². The second-order valence-electron chi connectivity index (χ2n) is 6.78. The Balaban J connectivity index is 2.95. The Morgan fingerprint density at radius 3 is 2.24 bits per heavy atom. The second-order valence-corrected chi connectivity index (χ2v) is 6.78. The van der Waals surface area contributed by atoms with Gasteiger partial charge >= 0.3 is 0 Å². The molecule has 1 rings (SSSR count). The molecule has 0 unspecified atom stereocenters. The van der Waals surface area contributed by atoms with Crippen LogP contribution in [0.3, 0.4) is 0 Å². The molecule has 0 saturated carbocycles. The SMILES string of the molecule is COC(C)(C)CCOc1nc(C(C)(C)C)nc(NN)c1C. The minimum Gasteiger partial charge on any atom is -0.477 e. The summed E-state index contributed by atoms with van der Waals surface area (Å²) in [5, 5.41) is 0. The first-order chi connectivity index (χ1) is 9.60. The highest BCUT2D eigenvalue weighted by molar-refractivity contribution is 5.48. The highest BCUT2D eigenvalue weighted by Gasteiger charge is 2.22. The third-order valence-electron chi connectivity index (χ3n) is 3.40. The van der Waals surface area contributed by atoms with Crippen molar-refractivity contribution in [2.75, 3.05) is 19.1 Å². The van der Waals surface area contributed by atoms with Crippen LogP contribution in [0.25, 0.3) is 0 Å². The van der Waals surface area contributed by atoms with Gasteiger partial charge in [0.1, 0.15) is 5.82 Å². The maximum atomic E-state index is 5.83. The van der Waals surface area contributed by atoms with Crippen LogP contribution in [0.4, 0.5) is 5.82 Å². The molecule has 0 aromatic carbocycles. The first kappa shape index (κ1) is 17.7. The molecule has 1 heterocycles. The Kier molecular flexibility index (Phi) is 5.53. The summed E-state index contributed by atoms with van der Waals surface area (Å²) in [7, 11) is 1.70. The van der Waals surface area contributed by atoms with Gasteiger partial charge in [-0.1, -0.05) is 20.8 Å². The van der Waals surface area contributed by atoms with Crippen molar-refractivity contribution in [2.45, 2.75) is 59.0 Å². The lowest BCUT2D eigenvalue weighted by atomic mass is 9.95. The third-order valence-corrected chi connectivity index (χ3v) is 3.40. The van der Waals surface area contributed by atoms with Gasteiger partial charge in [-0.05, 0) is 20.8 Å². The fourth-order valence-electron chi connectivity index (χ4n) is 1.61. The summed E-state index contributed by atoms with van der Waals surface area (Å²) in [6.45, 7) is 12.6. The van der Waals surface area contributed by atoms with Crippen LogP contribution < -0.4 is 16.0 Å². The highest BCUT2D eigenvalue weighted by atomic mass is 16.5. The lowest BCUT2D eigenvalue weighted by Gasteiger charge is -2.24. The number of rotatable bonds is 6. The summed E-state index contributed by atoms with van der Waals surface area (Å²) >= 11 is 0. The quantitative estimate of drug-likeness (QED) is 0.620. The first-order valence-corrected chi connectivity index (χ1v) is 7.14. The Hall–Kier alpha value is -1.40. The largest absolute Gasteiger partial charge is 0.477 e. The van der Waals surface area contributed by atoms with Gasteiger partial charge in [-0.3, -0.25) is 0 Å². The van der Waals surface area contributed by atoms with Gasteiger partial charge in [0.15, 0.2) is 5.82 Å². The van der Waals surface area contributed by atoms with Crippen LogP contribution in [0.5, 0.6) is 5.88 Å². The highest BCUT2D eigenvalue weighted by Crippen LogP contribution is 2.27. The van der Waals surface area contributed by atoms with Gasteiger partial charge in [-0.2, -0.15) is 4.98 Å². The molecule has 0 saturated heterocycles. The van der Waals surface area contributed by atoms with Crippen LogP contribution in [-0.4, -0.2) is 29.3 Å². The van der Waals surface area contributed by atoms with E-state index in [2.05, 4.69) is 36.2 Å². The van der Waals surface area contributed by atoms with E-state index in [4.69, 9.17) is 15.3 Å². The summed E-state index contributed by atoms with van der Waals surface area (Å²) in [6, 6.07) is 0. The van der Waals surface area contributed by atoms with E-state index in [9.17, 15) is 0 Å². The molecule has 0 aliphatic heterocycles. The zero-order valence-corrected chi connectivity index (χ0v) is 14.2. The number of hydrazine groups is 1. The molecule has 0 radical (unpaired) electrons. The fourth-order valence-corrected chi connectivity index (χ4v) is 1.61. The maximum Gasteiger partial charge on any atom is 0.221 e. The molecule has 0 fully saturated rings. The summed E-state index contributed by atoms with van der Waals surface area (Å²) in [5.41, 5.74) is 3.02. The van der Waals surface area contributed by atoms with Gasteiger partial charge in [-0.25, -0.2) is 10.8 Å².